The first kappa shape index (κ1) is 41.6. The Labute approximate surface area is 331 Å². The topological polar surface area (TPSA) is 159 Å². The number of anilines is 1. The summed E-state index contributed by atoms with van der Waals surface area (Å²) in [6, 6.07) is 33.7. The molecule has 2 amide bonds. The zero-order valence-corrected chi connectivity index (χ0v) is 31.4. The molecule has 58 heavy (non-hydrogen) atoms. The normalized spacial score (nSPS) is 18.0. The smallest absolute Gasteiger partial charge is 0.471 e. The number of ether oxygens (including phenoxy) is 5. The molecule has 1 aliphatic heterocycles. The number of hydrogen-bond acceptors (Lipinski definition) is 10. The summed E-state index contributed by atoms with van der Waals surface area (Å²) in [6.45, 7) is -0.813. The van der Waals surface area contributed by atoms with Gasteiger partial charge in [0.1, 0.15) is 41.2 Å². The summed E-state index contributed by atoms with van der Waals surface area (Å²) in [5, 5.41) is 16.1. The summed E-state index contributed by atoms with van der Waals surface area (Å²) in [7, 11) is 3.11. The molecule has 0 bridgehead atoms. The summed E-state index contributed by atoms with van der Waals surface area (Å²) in [5.74, 6) is -1.41. The second kappa shape index (κ2) is 18.5. The number of aliphatic hydroxyl groups excluding tert-OH is 1. The molecule has 4 aromatic carbocycles. The number of amides is 2. The second-order valence-corrected chi connectivity index (χ2v) is 13.1. The molecule has 13 nitrogen and oxygen atoms in total. The fourth-order valence-corrected chi connectivity index (χ4v) is 6.62. The fourth-order valence-electron chi connectivity index (χ4n) is 6.62. The number of halogens is 3. The van der Waals surface area contributed by atoms with Crippen LogP contribution in [0.2, 0.25) is 0 Å². The lowest BCUT2D eigenvalue weighted by Crippen LogP contribution is -2.41. The van der Waals surface area contributed by atoms with Gasteiger partial charge in [-0.05, 0) is 65.6 Å². The largest absolute Gasteiger partial charge is 0.497 e. The maximum absolute atomic E-state index is 13.4. The summed E-state index contributed by atoms with van der Waals surface area (Å²) >= 11 is 0. The highest BCUT2D eigenvalue weighted by Gasteiger charge is 2.48. The second-order valence-electron chi connectivity index (χ2n) is 13.1. The number of alkyl halides is 3. The van der Waals surface area contributed by atoms with Crippen molar-refractivity contribution in [2.45, 2.75) is 42.7 Å². The quantitative estimate of drug-likeness (QED) is 0.0891. The van der Waals surface area contributed by atoms with Gasteiger partial charge in [0, 0.05) is 24.9 Å². The molecule has 0 unspecified atom stereocenters. The number of aliphatic hydroxyl groups is 1. The van der Waals surface area contributed by atoms with Crippen LogP contribution in [0, 0.1) is 0 Å². The summed E-state index contributed by atoms with van der Waals surface area (Å²) in [4.78, 5) is 41.5. The first-order valence-electron chi connectivity index (χ1n) is 18.2. The van der Waals surface area contributed by atoms with Gasteiger partial charge in [-0.25, -0.2) is 4.79 Å². The molecule has 0 saturated carbocycles. The van der Waals surface area contributed by atoms with Crippen LogP contribution in [0.25, 0.3) is 0 Å². The Kier molecular flexibility index (Phi) is 13.2. The predicted octanol–water partition coefficient (Wildman–Crippen LogP) is 5.23. The minimum Gasteiger partial charge on any atom is -0.497 e. The predicted molar refractivity (Wildman–Crippen MR) is 204 cm³/mol. The van der Waals surface area contributed by atoms with E-state index in [0.717, 1.165) is 10.1 Å². The molecule has 1 aromatic heterocycles. The molecule has 0 aliphatic carbocycles. The van der Waals surface area contributed by atoms with E-state index in [1.807, 2.05) is 54.6 Å². The van der Waals surface area contributed by atoms with Crippen LogP contribution >= 0.6 is 0 Å². The van der Waals surface area contributed by atoms with E-state index in [-0.39, 0.29) is 32.0 Å². The monoisotopic (exact) mass is 802 g/mol. The molecule has 4 atom stereocenters. The van der Waals surface area contributed by atoms with Crippen molar-refractivity contribution >= 4 is 17.6 Å². The third-order valence-electron chi connectivity index (χ3n) is 9.50. The highest BCUT2D eigenvalue weighted by atomic mass is 19.4. The van der Waals surface area contributed by atoms with E-state index in [2.05, 4.69) is 10.3 Å². The highest BCUT2D eigenvalue weighted by Crippen LogP contribution is 2.43. The number of benzene rings is 4. The van der Waals surface area contributed by atoms with Crippen molar-refractivity contribution in [3.8, 4) is 11.5 Å². The standard InChI is InChI=1S/C42H41F3N4O9/c1-54-31-18-14-29(15-19-31)41(28-12-7-4-8-13-28,30-16-20-32(55-2)21-17-30)57-26-33-36(56-25-9-23-46-39(52)42(43,44)45)35(50)38(58-33)49-24-22-34(48-40(49)53)47-37(51)27-10-5-3-6-11-27/h3-8,10-22,24,33,35-36,38,50H,9,23,25-26H2,1-2H3,(H,46,52)(H,47,48,51,53)/t33-,35-,36-,38-/m1/s1. The number of rotatable bonds is 16. The Bertz CT molecular complexity index is 2140. The lowest BCUT2D eigenvalue weighted by molar-refractivity contribution is -0.173. The fraction of sp³-hybridized carbons (Fsp3) is 0.286. The lowest BCUT2D eigenvalue weighted by Gasteiger charge is -2.37. The third kappa shape index (κ3) is 9.37. The van der Waals surface area contributed by atoms with Crippen LogP contribution in [-0.2, 0) is 24.6 Å². The van der Waals surface area contributed by atoms with Crippen molar-refractivity contribution in [1.29, 1.82) is 0 Å². The highest BCUT2D eigenvalue weighted by molar-refractivity contribution is 6.03. The molecule has 0 radical (unpaired) electrons. The van der Waals surface area contributed by atoms with Crippen molar-refractivity contribution in [2.75, 3.05) is 39.3 Å². The molecule has 5 aromatic rings. The van der Waals surface area contributed by atoms with Gasteiger partial charge >= 0.3 is 17.8 Å². The number of carbonyl (C=O) groups excluding carboxylic acids is 2. The van der Waals surface area contributed by atoms with E-state index < -0.39 is 53.8 Å². The molecule has 1 saturated heterocycles. The average Bonchev–Trinajstić information content (AvgIpc) is 3.55. The molecule has 1 aliphatic rings. The maximum Gasteiger partial charge on any atom is 0.471 e. The van der Waals surface area contributed by atoms with E-state index in [1.54, 1.807) is 74.1 Å². The van der Waals surface area contributed by atoms with E-state index in [1.165, 1.54) is 12.3 Å². The van der Waals surface area contributed by atoms with Gasteiger partial charge in [-0.15, -0.1) is 0 Å². The molecule has 0 spiro atoms. The molecule has 2 heterocycles. The molecule has 16 heteroatoms. The summed E-state index contributed by atoms with van der Waals surface area (Å²) < 4.78 is 69.5. The molecular formula is C42H41F3N4O9. The van der Waals surface area contributed by atoms with Crippen molar-refractivity contribution in [1.82, 2.24) is 14.9 Å². The molecular weight excluding hydrogens is 761 g/mol. The van der Waals surface area contributed by atoms with Crippen LogP contribution in [0.3, 0.4) is 0 Å². The van der Waals surface area contributed by atoms with Gasteiger partial charge in [-0.3, -0.25) is 14.2 Å². The maximum atomic E-state index is 13.4. The molecule has 3 N–H and O–H groups in total. The Hall–Kier alpha value is -6.07. The van der Waals surface area contributed by atoms with E-state index in [9.17, 15) is 32.7 Å². The van der Waals surface area contributed by atoms with Crippen molar-refractivity contribution in [3.63, 3.8) is 0 Å². The Balaban J connectivity index is 1.32. The molecule has 304 valence electrons. The SMILES string of the molecule is COc1ccc(C(OC[C@H]2O[C@@H](n3ccc(NC(=O)c4ccccc4)nc3=O)[C@H](O)[C@@H]2OCCCNC(=O)C(F)(F)F)(c2ccccc2)c2ccc(OC)cc2)cc1. The average molecular weight is 803 g/mol. The minimum atomic E-state index is -5.05. The van der Waals surface area contributed by atoms with Crippen LogP contribution < -0.4 is 25.8 Å². The van der Waals surface area contributed by atoms with Crippen LogP contribution in [0.5, 0.6) is 11.5 Å². The van der Waals surface area contributed by atoms with E-state index >= 15 is 0 Å². The summed E-state index contributed by atoms with van der Waals surface area (Å²) in [6.07, 6.45) is -8.94. The van der Waals surface area contributed by atoms with Gasteiger partial charge < -0.3 is 39.4 Å². The third-order valence-corrected chi connectivity index (χ3v) is 9.50. The number of nitrogens with one attached hydrogen (secondary N) is 2. The zero-order chi connectivity index (χ0) is 41.3. The van der Waals surface area contributed by atoms with Gasteiger partial charge in [0.2, 0.25) is 0 Å². The van der Waals surface area contributed by atoms with E-state index in [4.69, 9.17) is 23.7 Å². The van der Waals surface area contributed by atoms with Crippen molar-refractivity contribution in [2.24, 2.45) is 0 Å². The van der Waals surface area contributed by atoms with Crippen molar-refractivity contribution in [3.05, 3.63) is 154 Å². The number of aromatic nitrogens is 2. The van der Waals surface area contributed by atoms with Gasteiger partial charge in [0.25, 0.3) is 5.91 Å². The van der Waals surface area contributed by atoms with Crippen molar-refractivity contribution < 1.29 is 51.6 Å². The zero-order valence-electron chi connectivity index (χ0n) is 31.4. The Morgan fingerprint density at radius 2 is 1.40 bits per heavy atom. The van der Waals surface area contributed by atoms with E-state index in [0.29, 0.717) is 28.2 Å². The van der Waals surface area contributed by atoms with Gasteiger partial charge in [-0.1, -0.05) is 72.8 Å². The Morgan fingerprint density at radius 3 is 1.95 bits per heavy atom. The number of hydrogen-bond donors (Lipinski definition) is 3. The van der Waals surface area contributed by atoms with Gasteiger partial charge in [-0.2, -0.15) is 18.2 Å². The molecule has 6 rings (SSSR count). The van der Waals surface area contributed by atoms with Crippen LogP contribution in [0.1, 0.15) is 39.7 Å². The van der Waals surface area contributed by atoms with Gasteiger partial charge in [0.05, 0.1) is 20.8 Å². The first-order valence-corrected chi connectivity index (χ1v) is 18.2. The minimum absolute atomic E-state index is 0.0391. The van der Waals surface area contributed by atoms with Gasteiger partial charge in [0.15, 0.2) is 6.23 Å². The number of methoxy groups -OCH3 is 2. The number of nitrogens with zero attached hydrogens (tertiary/aromatic N) is 2. The van der Waals surface area contributed by atoms with Crippen LogP contribution in [0.15, 0.2) is 126 Å². The number of carbonyl (C=O) groups is 2. The first-order chi connectivity index (χ1) is 27.9. The lowest BCUT2D eigenvalue weighted by atomic mass is 9.80. The van der Waals surface area contributed by atoms with Crippen LogP contribution in [0.4, 0.5) is 19.0 Å². The summed E-state index contributed by atoms with van der Waals surface area (Å²) in [5.41, 5.74) is 0.305. The molecule has 1 fully saturated rings. The Morgan fingerprint density at radius 1 is 0.828 bits per heavy atom. The van der Waals surface area contributed by atoms with Crippen LogP contribution in [-0.4, -0.2) is 84.9 Å².